The summed E-state index contributed by atoms with van der Waals surface area (Å²) in [6, 6.07) is 9.36. The summed E-state index contributed by atoms with van der Waals surface area (Å²) in [4.78, 5) is 6.60. The number of hydrogen-bond donors (Lipinski definition) is 0. The molecule has 0 amide bonds. The van der Waals surface area contributed by atoms with E-state index in [1.54, 1.807) is 18.2 Å². The van der Waals surface area contributed by atoms with E-state index >= 15 is 0 Å². The molecule has 2 heterocycles. The largest absolute Gasteiger partial charge is 0.573 e. The van der Waals surface area contributed by atoms with Gasteiger partial charge in [-0.1, -0.05) is 26.0 Å². The molecular weight excluding hydrogens is 409 g/mol. The monoisotopic (exact) mass is 436 g/mol. The van der Waals surface area contributed by atoms with Crippen LogP contribution in [0.15, 0.2) is 42.6 Å². The minimum Gasteiger partial charge on any atom is -0.474 e. The third kappa shape index (κ3) is 6.10. The first kappa shape index (κ1) is 22.9. The third-order valence-electron chi connectivity index (χ3n) is 5.03. The van der Waals surface area contributed by atoms with E-state index in [0.717, 1.165) is 32.5 Å². The van der Waals surface area contributed by atoms with Crippen molar-refractivity contribution < 1.29 is 22.6 Å². The first-order valence-corrected chi connectivity index (χ1v) is 10.4. The van der Waals surface area contributed by atoms with Crippen molar-refractivity contribution >= 4 is 5.65 Å². The Labute approximate surface area is 179 Å². The van der Waals surface area contributed by atoms with Crippen LogP contribution in [0.25, 0.3) is 16.9 Å². The molecule has 0 saturated heterocycles. The average Bonchev–Trinajstić information content (AvgIpc) is 3.13. The van der Waals surface area contributed by atoms with Gasteiger partial charge in [0.15, 0.2) is 5.65 Å². The van der Waals surface area contributed by atoms with Crippen molar-refractivity contribution in [3.63, 3.8) is 0 Å². The van der Waals surface area contributed by atoms with Crippen LogP contribution in [0.1, 0.15) is 33.6 Å². The zero-order chi connectivity index (χ0) is 22.4. The van der Waals surface area contributed by atoms with Crippen molar-refractivity contribution in [2.75, 3.05) is 19.6 Å². The Morgan fingerprint density at radius 3 is 2.55 bits per heavy atom. The van der Waals surface area contributed by atoms with Gasteiger partial charge in [-0.15, -0.1) is 18.3 Å². The number of halogens is 3. The molecule has 1 atom stereocenters. The molecule has 1 aromatic carbocycles. The second kappa shape index (κ2) is 10.00. The van der Waals surface area contributed by atoms with Crippen LogP contribution in [0.2, 0.25) is 0 Å². The lowest BCUT2D eigenvalue weighted by molar-refractivity contribution is -0.274. The Morgan fingerprint density at radius 2 is 1.84 bits per heavy atom. The molecule has 0 saturated carbocycles. The summed E-state index contributed by atoms with van der Waals surface area (Å²) >= 11 is 0. The molecule has 6 nitrogen and oxygen atoms in total. The van der Waals surface area contributed by atoms with Crippen molar-refractivity contribution in [3.05, 3.63) is 42.6 Å². The average molecular weight is 436 g/mol. The molecule has 2 aromatic heterocycles. The van der Waals surface area contributed by atoms with Gasteiger partial charge in [-0.05, 0) is 57.6 Å². The standard InChI is InChI=1S/C22H27F3N4O2/c1-4-28(5-2)14-8-9-16(3)30-21-13-12-20-26-15-18(29(20)27-21)17-10-6-7-11-19(17)31-22(23,24)25/h6-7,10-13,15-16H,4-5,8-9,14H2,1-3H3. The van der Waals surface area contributed by atoms with Gasteiger partial charge in [0.2, 0.25) is 5.88 Å². The predicted molar refractivity (Wildman–Crippen MR) is 112 cm³/mol. The van der Waals surface area contributed by atoms with E-state index in [-0.39, 0.29) is 17.4 Å². The Kier molecular flexibility index (Phi) is 7.37. The SMILES string of the molecule is CCN(CC)CCCC(C)Oc1ccc2ncc(-c3ccccc3OC(F)(F)F)n2n1. The maximum atomic E-state index is 12.8. The number of rotatable bonds is 10. The lowest BCUT2D eigenvalue weighted by Crippen LogP contribution is -2.25. The molecule has 0 spiro atoms. The number of para-hydroxylation sites is 1. The fourth-order valence-corrected chi connectivity index (χ4v) is 3.40. The number of hydrogen-bond acceptors (Lipinski definition) is 5. The van der Waals surface area contributed by atoms with Crippen molar-refractivity contribution in [2.45, 2.75) is 46.1 Å². The van der Waals surface area contributed by atoms with Crippen LogP contribution in [0.5, 0.6) is 11.6 Å². The smallest absolute Gasteiger partial charge is 0.474 e. The number of benzene rings is 1. The van der Waals surface area contributed by atoms with E-state index in [4.69, 9.17) is 4.74 Å². The summed E-state index contributed by atoms with van der Waals surface area (Å²) in [7, 11) is 0. The zero-order valence-electron chi connectivity index (χ0n) is 17.9. The molecule has 0 fully saturated rings. The minimum absolute atomic E-state index is 0.0478. The first-order valence-electron chi connectivity index (χ1n) is 10.4. The lowest BCUT2D eigenvalue weighted by Gasteiger charge is -2.19. The maximum Gasteiger partial charge on any atom is 0.573 e. The van der Waals surface area contributed by atoms with Crippen LogP contribution in [-0.4, -0.2) is 51.6 Å². The summed E-state index contributed by atoms with van der Waals surface area (Å²) in [6.07, 6.45) is -1.50. The van der Waals surface area contributed by atoms with Gasteiger partial charge in [-0.25, -0.2) is 9.50 Å². The number of nitrogens with zero attached hydrogens (tertiary/aromatic N) is 4. The van der Waals surface area contributed by atoms with Crippen molar-refractivity contribution in [1.29, 1.82) is 0 Å². The Balaban J connectivity index is 1.78. The topological polar surface area (TPSA) is 51.9 Å². The Hall–Kier alpha value is -2.81. The maximum absolute atomic E-state index is 12.8. The summed E-state index contributed by atoms with van der Waals surface area (Å²) in [5.41, 5.74) is 1.12. The van der Waals surface area contributed by atoms with Crippen LogP contribution >= 0.6 is 0 Å². The summed E-state index contributed by atoms with van der Waals surface area (Å²) < 4.78 is 50.0. The van der Waals surface area contributed by atoms with Crippen LogP contribution in [0, 0.1) is 0 Å². The molecule has 0 aliphatic carbocycles. The van der Waals surface area contributed by atoms with Gasteiger partial charge < -0.3 is 14.4 Å². The first-order chi connectivity index (χ1) is 14.8. The molecule has 9 heteroatoms. The quantitative estimate of drug-likeness (QED) is 0.438. The van der Waals surface area contributed by atoms with Crippen LogP contribution in [0.4, 0.5) is 13.2 Å². The Morgan fingerprint density at radius 1 is 1.10 bits per heavy atom. The zero-order valence-corrected chi connectivity index (χ0v) is 17.9. The van der Waals surface area contributed by atoms with Crippen LogP contribution in [0.3, 0.4) is 0 Å². The van der Waals surface area contributed by atoms with E-state index in [0.29, 0.717) is 17.2 Å². The van der Waals surface area contributed by atoms with Gasteiger partial charge in [-0.3, -0.25) is 0 Å². The molecular formula is C22H27F3N4O2. The molecule has 0 aliphatic heterocycles. The molecule has 1 unspecified atom stereocenters. The number of alkyl halides is 3. The molecule has 3 rings (SSSR count). The summed E-state index contributed by atoms with van der Waals surface area (Å²) in [6.45, 7) is 9.32. The van der Waals surface area contributed by atoms with Gasteiger partial charge in [-0.2, -0.15) is 0 Å². The second-order valence-corrected chi connectivity index (χ2v) is 7.23. The Bertz CT molecular complexity index is 986. The highest BCUT2D eigenvalue weighted by atomic mass is 19.4. The molecule has 0 aliphatic rings. The van der Waals surface area contributed by atoms with E-state index in [2.05, 4.69) is 33.6 Å². The van der Waals surface area contributed by atoms with E-state index < -0.39 is 6.36 Å². The minimum atomic E-state index is -4.79. The fraction of sp³-hybridized carbons (Fsp3) is 0.455. The predicted octanol–water partition coefficient (Wildman–Crippen LogP) is 5.18. The summed E-state index contributed by atoms with van der Waals surface area (Å²) in [5, 5.41) is 4.45. The molecule has 31 heavy (non-hydrogen) atoms. The molecule has 0 N–H and O–H groups in total. The lowest BCUT2D eigenvalue weighted by atomic mass is 10.1. The van der Waals surface area contributed by atoms with Gasteiger partial charge >= 0.3 is 6.36 Å². The molecule has 0 radical (unpaired) electrons. The van der Waals surface area contributed by atoms with Gasteiger partial charge in [0.1, 0.15) is 5.75 Å². The molecule has 3 aromatic rings. The van der Waals surface area contributed by atoms with E-state index in [1.807, 2.05) is 6.92 Å². The third-order valence-corrected chi connectivity index (χ3v) is 5.03. The number of ether oxygens (including phenoxy) is 2. The van der Waals surface area contributed by atoms with E-state index in [9.17, 15) is 13.2 Å². The van der Waals surface area contributed by atoms with Crippen LogP contribution in [-0.2, 0) is 0 Å². The van der Waals surface area contributed by atoms with Gasteiger partial charge in [0, 0.05) is 11.6 Å². The van der Waals surface area contributed by atoms with Crippen LogP contribution < -0.4 is 9.47 Å². The van der Waals surface area contributed by atoms with Crippen molar-refractivity contribution in [2.24, 2.45) is 0 Å². The highest BCUT2D eigenvalue weighted by Crippen LogP contribution is 2.34. The number of fused-ring (bicyclic) bond motifs is 1. The number of imidazole rings is 1. The fourth-order valence-electron chi connectivity index (χ4n) is 3.40. The highest BCUT2D eigenvalue weighted by molar-refractivity contribution is 5.69. The van der Waals surface area contributed by atoms with Gasteiger partial charge in [0.05, 0.1) is 18.0 Å². The number of aromatic nitrogens is 3. The van der Waals surface area contributed by atoms with Gasteiger partial charge in [0.25, 0.3) is 0 Å². The molecule has 0 bridgehead atoms. The summed E-state index contributed by atoms with van der Waals surface area (Å²) in [5.74, 6) is 0.0750. The van der Waals surface area contributed by atoms with Crippen molar-refractivity contribution in [1.82, 2.24) is 19.5 Å². The highest BCUT2D eigenvalue weighted by Gasteiger charge is 2.32. The second-order valence-electron chi connectivity index (χ2n) is 7.23. The van der Waals surface area contributed by atoms with E-state index in [1.165, 1.54) is 28.9 Å². The normalized spacial score (nSPS) is 13.0. The van der Waals surface area contributed by atoms with Crippen molar-refractivity contribution in [3.8, 4) is 22.9 Å². The molecule has 168 valence electrons.